The summed E-state index contributed by atoms with van der Waals surface area (Å²) in [6.45, 7) is 1.52. The van der Waals surface area contributed by atoms with Crippen molar-refractivity contribution in [1.82, 2.24) is 9.97 Å². The van der Waals surface area contributed by atoms with E-state index in [0.29, 0.717) is 11.8 Å². The lowest BCUT2D eigenvalue weighted by Crippen LogP contribution is -2.10. The number of pyridine rings is 2. The molecule has 0 fully saturated rings. The second-order valence-corrected chi connectivity index (χ2v) is 5.48. The molecule has 2 heterocycles. The van der Waals surface area contributed by atoms with Gasteiger partial charge < -0.3 is 0 Å². The van der Waals surface area contributed by atoms with Gasteiger partial charge in [-0.2, -0.15) is 26.3 Å². The predicted molar refractivity (Wildman–Crippen MR) is 74.0 cm³/mol. The van der Waals surface area contributed by atoms with E-state index < -0.39 is 23.6 Å². The zero-order valence-electron chi connectivity index (χ0n) is 11.9. The van der Waals surface area contributed by atoms with Crippen molar-refractivity contribution in [2.45, 2.75) is 24.2 Å². The fourth-order valence-electron chi connectivity index (χ4n) is 1.86. The molecule has 23 heavy (non-hydrogen) atoms. The van der Waals surface area contributed by atoms with Crippen molar-refractivity contribution >= 4 is 11.8 Å². The van der Waals surface area contributed by atoms with E-state index in [1.165, 1.54) is 19.2 Å². The first-order valence-electron chi connectivity index (χ1n) is 6.20. The van der Waals surface area contributed by atoms with E-state index in [4.69, 9.17) is 0 Å². The number of rotatable bonds is 2. The fourth-order valence-corrected chi connectivity index (χ4v) is 2.45. The Hall–Kier alpha value is -1.77. The SMILES string of the molecule is CSc1cc(C(F)(F)F)cnc1-c1nc(C(F)(F)F)ccc1C. The van der Waals surface area contributed by atoms with Gasteiger partial charge in [0.1, 0.15) is 11.4 Å². The molecule has 9 heteroatoms. The number of hydrogen-bond donors (Lipinski definition) is 0. The number of aromatic nitrogens is 2. The van der Waals surface area contributed by atoms with Crippen LogP contribution in [0.3, 0.4) is 0 Å². The molecule has 0 saturated heterocycles. The maximum atomic E-state index is 12.8. The highest BCUT2D eigenvalue weighted by Gasteiger charge is 2.34. The highest BCUT2D eigenvalue weighted by atomic mass is 32.2. The van der Waals surface area contributed by atoms with Crippen LogP contribution in [-0.2, 0) is 12.4 Å². The first-order chi connectivity index (χ1) is 10.5. The Balaban J connectivity index is 2.62. The number of aryl methyl sites for hydroxylation is 1. The van der Waals surface area contributed by atoms with Crippen LogP contribution in [0.15, 0.2) is 29.3 Å². The zero-order valence-corrected chi connectivity index (χ0v) is 12.7. The third kappa shape index (κ3) is 3.77. The maximum Gasteiger partial charge on any atom is 0.433 e. The van der Waals surface area contributed by atoms with Gasteiger partial charge in [-0.05, 0) is 30.9 Å². The van der Waals surface area contributed by atoms with E-state index in [1.807, 2.05) is 0 Å². The van der Waals surface area contributed by atoms with Crippen molar-refractivity contribution in [2.75, 3.05) is 6.26 Å². The van der Waals surface area contributed by atoms with Crippen LogP contribution in [0, 0.1) is 6.92 Å². The van der Waals surface area contributed by atoms with Crippen LogP contribution in [0.25, 0.3) is 11.4 Å². The van der Waals surface area contributed by atoms with Gasteiger partial charge in [-0.25, -0.2) is 4.98 Å². The van der Waals surface area contributed by atoms with Crippen LogP contribution in [0.2, 0.25) is 0 Å². The smallest absolute Gasteiger partial charge is 0.253 e. The number of alkyl halides is 6. The van der Waals surface area contributed by atoms with Gasteiger partial charge in [0.05, 0.1) is 11.3 Å². The Morgan fingerprint density at radius 3 is 2.13 bits per heavy atom. The largest absolute Gasteiger partial charge is 0.433 e. The molecule has 0 aromatic carbocycles. The summed E-state index contributed by atoms with van der Waals surface area (Å²) in [5, 5.41) is 0. The highest BCUT2D eigenvalue weighted by Crippen LogP contribution is 2.37. The molecule has 0 aliphatic heterocycles. The summed E-state index contributed by atoms with van der Waals surface area (Å²) in [7, 11) is 0. The summed E-state index contributed by atoms with van der Waals surface area (Å²) in [6.07, 6.45) is -7.11. The summed E-state index contributed by atoms with van der Waals surface area (Å²) in [6, 6.07) is 2.89. The van der Waals surface area contributed by atoms with Crippen molar-refractivity contribution in [3.8, 4) is 11.4 Å². The molecule has 2 aromatic heterocycles. The Bertz CT molecular complexity index is 724. The summed E-state index contributed by atoms with van der Waals surface area (Å²) < 4.78 is 76.5. The summed E-state index contributed by atoms with van der Waals surface area (Å²) in [5.74, 6) is 0. The van der Waals surface area contributed by atoms with Crippen LogP contribution in [-0.4, -0.2) is 16.2 Å². The van der Waals surface area contributed by atoms with E-state index in [0.717, 1.165) is 23.9 Å². The van der Waals surface area contributed by atoms with E-state index in [2.05, 4.69) is 9.97 Å². The second-order valence-electron chi connectivity index (χ2n) is 4.63. The van der Waals surface area contributed by atoms with E-state index in [-0.39, 0.29) is 16.3 Å². The molecule has 0 aliphatic carbocycles. The number of hydrogen-bond acceptors (Lipinski definition) is 3. The highest BCUT2D eigenvalue weighted by molar-refractivity contribution is 7.98. The van der Waals surface area contributed by atoms with Crippen molar-refractivity contribution in [3.05, 3.63) is 41.2 Å². The van der Waals surface area contributed by atoms with Gasteiger partial charge >= 0.3 is 12.4 Å². The van der Waals surface area contributed by atoms with Crippen LogP contribution >= 0.6 is 11.8 Å². The molecule has 0 aliphatic rings. The van der Waals surface area contributed by atoms with E-state index in [9.17, 15) is 26.3 Å². The Morgan fingerprint density at radius 2 is 1.61 bits per heavy atom. The third-order valence-electron chi connectivity index (χ3n) is 3.01. The van der Waals surface area contributed by atoms with E-state index in [1.54, 1.807) is 0 Å². The summed E-state index contributed by atoms with van der Waals surface area (Å²) in [4.78, 5) is 7.34. The van der Waals surface area contributed by atoms with Crippen molar-refractivity contribution in [2.24, 2.45) is 0 Å². The molecule has 0 spiro atoms. The van der Waals surface area contributed by atoms with Gasteiger partial charge in [0, 0.05) is 11.1 Å². The van der Waals surface area contributed by atoms with Gasteiger partial charge in [-0.1, -0.05) is 6.07 Å². The van der Waals surface area contributed by atoms with Crippen molar-refractivity contribution in [1.29, 1.82) is 0 Å². The predicted octanol–water partition coefficient (Wildman–Crippen LogP) is 5.21. The molecule has 124 valence electrons. The van der Waals surface area contributed by atoms with Gasteiger partial charge in [-0.3, -0.25) is 4.98 Å². The maximum absolute atomic E-state index is 12.8. The summed E-state index contributed by atoms with van der Waals surface area (Å²) in [5.41, 5.74) is -1.78. The normalized spacial score (nSPS) is 12.5. The van der Waals surface area contributed by atoms with Gasteiger partial charge in [-0.15, -0.1) is 11.8 Å². The van der Waals surface area contributed by atoms with Crippen LogP contribution in [0.1, 0.15) is 16.8 Å². The van der Waals surface area contributed by atoms with Crippen LogP contribution < -0.4 is 0 Å². The Morgan fingerprint density at radius 1 is 0.957 bits per heavy atom. The first-order valence-corrected chi connectivity index (χ1v) is 7.43. The minimum Gasteiger partial charge on any atom is -0.253 e. The van der Waals surface area contributed by atoms with Crippen molar-refractivity contribution < 1.29 is 26.3 Å². The average molecular weight is 352 g/mol. The molecule has 0 saturated carbocycles. The van der Waals surface area contributed by atoms with Crippen LogP contribution in [0.4, 0.5) is 26.3 Å². The molecule has 0 radical (unpaired) electrons. The molecular formula is C14H10F6N2S. The topological polar surface area (TPSA) is 25.8 Å². The number of nitrogens with zero attached hydrogens (tertiary/aromatic N) is 2. The first kappa shape index (κ1) is 17.6. The quantitative estimate of drug-likeness (QED) is 0.548. The van der Waals surface area contributed by atoms with E-state index >= 15 is 0 Å². The number of halogens is 6. The molecule has 2 nitrogen and oxygen atoms in total. The molecule has 0 N–H and O–H groups in total. The molecule has 2 aromatic rings. The van der Waals surface area contributed by atoms with Crippen molar-refractivity contribution in [3.63, 3.8) is 0 Å². The van der Waals surface area contributed by atoms with Gasteiger partial charge in [0.25, 0.3) is 0 Å². The molecule has 0 amide bonds. The molecule has 0 unspecified atom stereocenters. The third-order valence-corrected chi connectivity index (χ3v) is 3.76. The Kier molecular flexibility index (Phi) is 4.61. The average Bonchev–Trinajstić information content (AvgIpc) is 2.45. The minimum atomic E-state index is -4.64. The van der Waals surface area contributed by atoms with Gasteiger partial charge in [0.15, 0.2) is 0 Å². The molecular weight excluding hydrogens is 342 g/mol. The van der Waals surface area contributed by atoms with Gasteiger partial charge in [0.2, 0.25) is 0 Å². The summed E-state index contributed by atoms with van der Waals surface area (Å²) >= 11 is 0.959. The lowest BCUT2D eigenvalue weighted by molar-refractivity contribution is -0.141. The zero-order chi connectivity index (χ0) is 17.4. The molecule has 2 rings (SSSR count). The lowest BCUT2D eigenvalue weighted by atomic mass is 10.1. The lowest BCUT2D eigenvalue weighted by Gasteiger charge is -2.14. The molecule has 0 bridgehead atoms. The standard InChI is InChI=1S/C14H10F6N2S/c1-7-3-4-10(14(18,19)20)22-11(7)12-9(23-2)5-8(6-21-12)13(15,16)17/h3-6H,1-2H3. The Labute approximate surface area is 132 Å². The molecule has 0 atom stereocenters. The second kappa shape index (κ2) is 6.03. The van der Waals surface area contributed by atoms with Crippen LogP contribution in [0.5, 0.6) is 0 Å². The monoisotopic (exact) mass is 352 g/mol. The fraction of sp³-hybridized carbons (Fsp3) is 0.286. The number of thioether (sulfide) groups is 1. The minimum absolute atomic E-state index is 0.00546.